The fraction of sp³-hybridized carbons (Fsp3) is 0.391. The number of carbonyl (C=O) groups excluding carboxylic acids is 1. The summed E-state index contributed by atoms with van der Waals surface area (Å²) in [4.78, 5) is 17.7. The highest BCUT2D eigenvalue weighted by atomic mass is 35.5. The molecule has 1 fully saturated rings. The van der Waals surface area contributed by atoms with Crippen molar-refractivity contribution in [1.82, 2.24) is 35.3 Å². The van der Waals surface area contributed by atoms with Crippen LogP contribution < -0.4 is 10.1 Å². The van der Waals surface area contributed by atoms with E-state index >= 15 is 0 Å². The molecule has 3 aromatic rings. The molecule has 0 spiro atoms. The maximum Gasteiger partial charge on any atom is 0.255 e. The van der Waals surface area contributed by atoms with Crippen molar-refractivity contribution in [3.8, 4) is 11.4 Å². The van der Waals surface area contributed by atoms with Crippen LogP contribution in [0.15, 0.2) is 48.8 Å². The van der Waals surface area contributed by atoms with E-state index in [0.717, 1.165) is 32.6 Å². The third kappa shape index (κ3) is 5.50. The molecule has 1 amide bonds. The lowest BCUT2D eigenvalue weighted by Crippen LogP contribution is -2.47. The summed E-state index contributed by atoms with van der Waals surface area (Å²) in [6.07, 6.45) is 2.28. The van der Waals surface area contributed by atoms with Crippen LogP contribution in [0, 0.1) is 0 Å². The van der Waals surface area contributed by atoms with Gasteiger partial charge in [0.05, 0.1) is 23.4 Å². The zero-order valence-electron chi connectivity index (χ0n) is 18.8. The van der Waals surface area contributed by atoms with Crippen molar-refractivity contribution in [2.75, 3.05) is 46.9 Å². The van der Waals surface area contributed by atoms with Crippen molar-refractivity contribution in [2.45, 2.75) is 12.5 Å². The van der Waals surface area contributed by atoms with E-state index < -0.39 is 0 Å². The SMILES string of the molecule is COc1cc(-n2cnnn2)c(Cl)cc1C(=O)NCCCN1CCN(C)CC1c1ccccc1. The van der Waals surface area contributed by atoms with Crippen LogP contribution in [-0.4, -0.2) is 82.8 Å². The maximum absolute atomic E-state index is 12.8. The highest BCUT2D eigenvalue weighted by Crippen LogP contribution is 2.29. The molecule has 1 atom stereocenters. The monoisotopic (exact) mass is 469 g/mol. The number of nitrogens with one attached hydrogen (secondary N) is 1. The lowest BCUT2D eigenvalue weighted by molar-refractivity contribution is 0.0865. The Kier molecular flexibility index (Phi) is 7.54. The first-order chi connectivity index (χ1) is 16.1. The number of methoxy groups -OCH3 is 1. The molecule has 0 bridgehead atoms. The zero-order chi connectivity index (χ0) is 23.2. The molecule has 1 N–H and O–H groups in total. The Labute approximate surface area is 198 Å². The summed E-state index contributed by atoms with van der Waals surface area (Å²) in [6, 6.07) is 14.2. The van der Waals surface area contributed by atoms with E-state index in [1.807, 2.05) is 6.07 Å². The Balaban J connectivity index is 1.36. The van der Waals surface area contributed by atoms with Crippen molar-refractivity contribution < 1.29 is 9.53 Å². The van der Waals surface area contributed by atoms with Crippen LogP contribution in [0.5, 0.6) is 5.75 Å². The molecule has 1 saturated heterocycles. The molecule has 2 heterocycles. The quantitative estimate of drug-likeness (QED) is 0.507. The first-order valence-corrected chi connectivity index (χ1v) is 11.3. The van der Waals surface area contributed by atoms with Crippen molar-refractivity contribution in [1.29, 1.82) is 0 Å². The van der Waals surface area contributed by atoms with Gasteiger partial charge in [0.2, 0.25) is 0 Å². The van der Waals surface area contributed by atoms with Gasteiger partial charge in [0.15, 0.2) is 0 Å². The van der Waals surface area contributed by atoms with Crippen molar-refractivity contribution in [2.24, 2.45) is 0 Å². The number of hydrogen-bond acceptors (Lipinski definition) is 7. The summed E-state index contributed by atoms with van der Waals surface area (Å²) >= 11 is 6.38. The van der Waals surface area contributed by atoms with Crippen LogP contribution in [0.1, 0.15) is 28.4 Å². The molecular weight excluding hydrogens is 442 g/mol. The van der Waals surface area contributed by atoms with Gasteiger partial charge in [-0.3, -0.25) is 9.69 Å². The van der Waals surface area contributed by atoms with Crippen molar-refractivity contribution >= 4 is 17.5 Å². The third-order valence-corrected chi connectivity index (χ3v) is 6.20. The van der Waals surface area contributed by atoms with Gasteiger partial charge in [-0.15, -0.1) is 5.10 Å². The van der Waals surface area contributed by atoms with Crippen LogP contribution in [0.3, 0.4) is 0 Å². The van der Waals surface area contributed by atoms with E-state index in [4.69, 9.17) is 16.3 Å². The van der Waals surface area contributed by atoms with Gasteiger partial charge in [-0.1, -0.05) is 41.9 Å². The Hall–Kier alpha value is -3.01. The minimum atomic E-state index is -0.227. The van der Waals surface area contributed by atoms with Crippen LogP contribution in [0.4, 0.5) is 0 Å². The van der Waals surface area contributed by atoms with Crippen LogP contribution in [-0.2, 0) is 0 Å². The number of nitrogens with zero attached hydrogens (tertiary/aromatic N) is 6. The van der Waals surface area contributed by atoms with Gasteiger partial charge < -0.3 is 15.0 Å². The first kappa shape index (κ1) is 23.2. The van der Waals surface area contributed by atoms with Gasteiger partial charge in [-0.05, 0) is 35.5 Å². The molecule has 1 aliphatic rings. The average Bonchev–Trinajstić information content (AvgIpc) is 3.37. The van der Waals surface area contributed by atoms with E-state index in [0.29, 0.717) is 34.6 Å². The predicted octanol–water partition coefficient (Wildman–Crippen LogP) is 2.43. The van der Waals surface area contributed by atoms with E-state index in [-0.39, 0.29) is 5.91 Å². The molecule has 1 aromatic heterocycles. The second kappa shape index (κ2) is 10.7. The summed E-state index contributed by atoms with van der Waals surface area (Å²) in [5.74, 6) is 0.181. The summed E-state index contributed by atoms with van der Waals surface area (Å²) in [5, 5.41) is 14.4. The predicted molar refractivity (Wildman–Crippen MR) is 126 cm³/mol. The van der Waals surface area contributed by atoms with E-state index in [9.17, 15) is 4.79 Å². The molecule has 0 aliphatic carbocycles. The summed E-state index contributed by atoms with van der Waals surface area (Å²) in [6.45, 7) is 4.51. The third-order valence-electron chi connectivity index (χ3n) is 5.90. The molecule has 1 aliphatic heterocycles. The van der Waals surface area contributed by atoms with Gasteiger partial charge >= 0.3 is 0 Å². The average molecular weight is 470 g/mol. The first-order valence-electron chi connectivity index (χ1n) is 10.9. The number of rotatable bonds is 8. The minimum absolute atomic E-state index is 0.227. The highest BCUT2D eigenvalue weighted by molar-refractivity contribution is 6.33. The standard InChI is InChI=1S/C23H28ClN7O2/c1-29-11-12-30(21(15-29)17-7-4-3-5-8-17)10-6-9-25-23(32)18-13-19(24)20(14-22(18)33-2)31-16-26-27-28-31/h3-5,7-8,13-14,16,21H,6,9-12,15H2,1-2H3,(H,25,32). The highest BCUT2D eigenvalue weighted by Gasteiger charge is 2.26. The number of hydrogen-bond donors (Lipinski definition) is 1. The van der Waals surface area contributed by atoms with E-state index in [1.54, 1.807) is 12.1 Å². The summed E-state index contributed by atoms with van der Waals surface area (Å²) in [5.41, 5.74) is 2.24. The second-order valence-electron chi connectivity index (χ2n) is 8.09. The fourth-order valence-electron chi connectivity index (χ4n) is 4.13. The molecule has 9 nitrogen and oxygen atoms in total. The molecular formula is C23H28ClN7O2. The van der Waals surface area contributed by atoms with Crippen molar-refractivity contribution in [3.05, 3.63) is 64.9 Å². The lowest BCUT2D eigenvalue weighted by Gasteiger charge is -2.40. The fourth-order valence-corrected chi connectivity index (χ4v) is 4.38. The molecule has 0 saturated carbocycles. The van der Waals surface area contributed by atoms with E-state index in [2.05, 4.69) is 62.0 Å². The zero-order valence-corrected chi connectivity index (χ0v) is 19.6. The lowest BCUT2D eigenvalue weighted by atomic mass is 10.0. The smallest absolute Gasteiger partial charge is 0.255 e. The molecule has 10 heteroatoms. The second-order valence-corrected chi connectivity index (χ2v) is 8.50. The molecule has 174 valence electrons. The normalized spacial score (nSPS) is 17.1. The van der Waals surface area contributed by atoms with Crippen LogP contribution >= 0.6 is 11.6 Å². The number of halogens is 1. The number of aromatic nitrogens is 4. The molecule has 33 heavy (non-hydrogen) atoms. The number of ether oxygens (including phenoxy) is 1. The van der Waals surface area contributed by atoms with Crippen LogP contribution in [0.2, 0.25) is 5.02 Å². The van der Waals surface area contributed by atoms with Gasteiger partial charge in [0, 0.05) is 44.8 Å². The Morgan fingerprint density at radius 1 is 1.24 bits per heavy atom. The number of tetrazole rings is 1. The van der Waals surface area contributed by atoms with Gasteiger partial charge in [0.1, 0.15) is 12.1 Å². The topological polar surface area (TPSA) is 88.4 Å². The Morgan fingerprint density at radius 3 is 2.79 bits per heavy atom. The molecule has 0 radical (unpaired) electrons. The molecule has 1 unspecified atom stereocenters. The van der Waals surface area contributed by atoms with E-state index in [1.165, 1.54) is 23.7 Å². The van der Waals surface area contributed by atoms with Gasteiger partial charge in [-0.25, -0.2) is 0 Å². The summed E-state index contributed by atoms with van der Waals surface area (Å²) in [7, 11) is 3.68. The minimum Gasteiger partial charge on any atom is -0.496 e. The molecule has 2 aromatic carbocycles. The molecule has 4 rings (SSSR count). The number of likely N-dealkylation sites (N-methyl/N-ethyl adjacent to an activating group) is 1. The number of carbonyl (C=O) groups is 1. The van der Waals surface area contributed by atoms with Crippen LogP contribution in [0.25, 0.3) is 5.69 Å². The van der Waals surface area contributed by atoms with Gasteiger partial charge in [0.25, 0.3) is 5.91 Å². The number of benzene rings is 2. The summed E-state index contributed by atoms with van der Waals surface area (Å²) < 4.78 is 6.84. The Bertz CT molecular complexity index is 1060. The number of amides is 1. The van der Waals surface area contributed by atoms with Crippen molar-refractivity contribution in [3.63, 3.8) is 0 Å². The number of piperazine rings is 1. The largest absolute Gasteiger partial charge is 0.496 e. The Morgan fingerprint density at radius 2 is 2.06 bits per heavy atom. The van der Waals surface area contributed by atoms with Gasteiger partial charge in [-0.2, -0.15) is 4.68 Å². The maximum atomic E-state index is 12.8.